The molecule has 1 aromatic heterocycles. The van der Waals surface area contributed by atoms with Gasteiger partial charge in [-0.2, -0.15) is 0 Å². The Labute approximate surface area is 179 Å². The number of primary amides is 1. The molecule has 0 atom stereocenters. The van der Waals surface area contributed by atoms with E-state index in [1.165, 1.54) is 24.6 Å². The van der Waals surface area contributed by atoms with E-state index < -0.39 is 5.91 Å². The van der Waals surface area contributed by atoms with Crippen molar-refractivity contribution < 1.29 is 9.53 Å². The number of carbonyl (C=O) groups is 1. The Morgan fingerprint density at radius 3 is 2.73 bits per heavy atom. The zero-order chi connectivity index (χ0) is 21.1. The second-order valence-electron chi connectivity index (χ2n) is 7.27. The summed E-state index contributed by atoms with van der Waals surface area (Å²) in [4.78, 5) is 23.4. The monoisotopic (exact) mass is 423 g/mol. The lowest BCUT2D eigenvalue weighted by molar-refractivity contribution is 0.100. The van der Waals surface area contributed by atoms with Crippen LogP contribution in [0, 0.1) is 0 Å². The number of ether oxygens (including phenoxy) is 1. The molecule has 0 spiro atoms. The maximum Gasteiger partial charge on any atom is 0.250 e. The van der Waals surface area contributed by atoms with Crippen LogP contribution in [0.3, 0.4) is 0 Å². The number of likely N-dealkylation sites (tertiary alicyclic amines) is 1. The van der Waals surface area contributed by atoms with Crippen LogP contribution in [0.1, 0.15) is 23.2 Å². The molecular formula is C22H25N5O2S. The molecule has 0 aliphatic carbocycles. The number of rotatable bonds is 7. The van der Waals surface area contributed by atoms with E-state index in [4.69, 9.17) is 21.2 Å². The second-order valence-corrected chi connectivity index (χ2v) is 8.04. The van der Waals surface area contributed by atoms with Crippen LogP contribution in [0.2, 0.25) is 0 Å². The van der Waals surface area contributed by atoms with E-state index in [1.54, 1.807) is 12.1 Å². The SMILES string of the molecule is CSc1nc(-c2cccc(OCCN3CCCC3)c2)c2c(N)c(C(N)=O)ccc2n1. The van der Waals surface area contributed by atoms with Crippen LogP contribution in [0.25, 0.3) is 22.2 Å². The Hall–Kier alpha value is -2.84. The van der Waals surface area contributed by atoms with Crippen molar-refractivity contribution in [1.82, 2.24) is 14.9 Å². The largest absolute Gasteiger partial charge is 0.492 e. The molecule has 0 radical (unpaired) electrons. The molecule has 30 heavy (non-hydrogen) atoms. The number of anilines is 1. The van der Waals surface area contributed by atoms with Crippen molar-refractivity contribution in [3.8, 4) is 17.0 Å². The topological polar surface area (TPSA) is 107 Å². The van der Waals surface area contributed by atoms with Crippen LogP contribution >= 0.6 is 11.8 Å². The van der Waals surface area contributed by atoms with Gasteiger partial charge in [0, 0.05) is 12.1 Å². The molecule has 2 heterocycles. The number of hydrogen-bond acceptors (Lipinski definition) is 7. The highest BCUT2D eigenvalue weighted by atomic mass is 32.2. The molecule has 7 nitrogen and oxygen atoms in total. The van der Waals surface area contributed by atoms with Crippen LogP contribution in [-0.4, -0.2) is 53.3 Å². The van der Waals surface area contributed by atoms with E-state index in [2.05, 4.69) is 9.88 Å². The van der Waals surface area contributed by atoms with Gasteiger partial charge in [0.1, 0.15) is 12.4 Å². The number of nitrogen functional groups attached to an aromatic ring is 1. The zero-order valence-corrected chi connectivity index (χ0v) is 17.7. The van der Waals surface area contributed by atoms with Gasteiger partial charge in [0.2, 0.25) is 0 Å². The summed E-state index contributed by atoms with van der Waals surface area (Å²) in [7, 11) is 0. The fourth-order valence-corrected chi connectivity index (χ4v) is 4.15. The van der Waals surface area contributed by atoms with Crippen molar-refractivity contribution in [2.75, 3.05) is 38.2 Å². The van der Waals surface area contributed by atoms with Crippen LogP contribution in [0.5, 0.6) is 5.75 Å². The van der Waals surface area contributed by atoms with Gasteiger partial charge >= 0.3 is 0 Å². The normalized spacial score (nSPS) is 14.3. The van der Waals surface area contributed by atoms with Gasteiger partial charge in [-0.15, -0.1) is 0 Å². The van der Waals surface area contributed by atoms with E-state index in [-0.39, 0.29) is 5.56 Å². The predicted molar refractivity (Wildman–Crippen MR) is 121 cm³/mol. The van der Waals surface area contributed by atoms with E-state index in [0.29, 0.717) is 34.0 Å². The molecule has 0 saturated carbocycles. The maximum absolute atomic E-state index is 11.8. The standard InChI is InChI=1S/C22H25N5O2S/c1-30-22-25-17-8-7-16(21(24)28)19(23)18(17)20(26-22)14-5-4-6-15(13-14)29-12-11-27-9-2-3-10-27/h4-8,13H,2-3,9-12,23H2,1H3,(H2,24,28). The third-order valence-electron chi connectivity index (χ3n) is 5.31. The molecule has 2 aromatic carbocycles. The molecule has 0 bridgehead atoms. The quantitative estimate of drug-likeness (QED) is 0.341. The average Bonchev–Trinajstić information content (AvgIpc) is 3.26. The maximum atomic E-state index is 11.8. The lowest BCUT2D eigenvalue weighted by Gasteiger charge is -2.16. The summed E-state index contributed by atoms with van der Waals surface area (Å²) in [6.45, 7) is 3.86. The van der Waals surface area contributed by atoms with Gasteiger partial charge in [-0.05, 0) is 56.5 Å². The number of nitrogens with zero attached hydrogens (tertiary/aromatic N) is 3. The van der Waals surface area contributed by atoms with Crippen LogP contribution in [0.15, 0.2) is 41.6 Å². The van der Waals surface area contributed by atoms with Gasteiger partial charge in [0.05, 0.1) is 27.8 Å². The third-order valence-corrected chi connectivity index (χ3v) is 5.86. The van der Waals surface area contributed by atoms with Gasteiger partial charge in [-0.3, -0.25) is 9.69 Å². The molecule has 8 heteroatoms. The molecular weight excluding hydrogens is 398 g/mol. The lowest BCUT2D eigenvalue weighted by Crippen LogP contribution is -2.25. The van der Waals surface area contributed by atoms with Crippen LogP contribution in [0.4, 0.5) is 5.69 Å². The van der Waals surface area contributed by atoms with Gasteiger partial charge < -0.3 is 16.2 Å². The number of amides is 1. The Kier molecular flexibility index (Phi) is 6.06. The number of benzene rings is 2. The molecule has 4 rings (SSSR count). The Balaban J connectivity index is 1.70. The second kappa shape index (κ2) is 8.89. The predicted octanol–water partition coefficient (Wildman–Crippen LogP) is 3.17. The van der Waals surface area contributed by atoms with Crippen molar-refractivity contribution in [3.05, 3.63) is 42.0 Å². The third kappa shape index (κ3) is 4.20. The number of nitrogens with two attached hydrogens (primary N) is 2. The zero-order valence-electron chi connectivity index (χ0n) is 16.9. The molecule has 1 aliphatic rings. The summed E-state index contributed by atoms with van der Waals surface area (Å²) < 4.78 is 6.00. The summed E-state index contributed by atoms with van der Waals surface area (Å²) in [5, 5.41) is 1.25. The molecule has 3 aromatic rings. The Morgan fingerprint density at radius 1 is 1.20 bits per heavy atom. The van der Waals surface area contributed by atoms with Gasteiger partial charge in [0.15, 0.2) is 5.16 Å². The minimum Gasteiger partial charge on any atom is -0.492 e. The average molecular weight is 424 g/mol. The molecule has 1 amide bonds. The minimum atomic E-state index is -0.576. The molecule has 1 saturated heterocycles. The first-order chi connectivity index (χ1) is 14.6. The molecule has 4 N–H and O–H groups in total. The summed E-state index contributed by atoms with van der Waals surface area (Å²) in [6.07, 6.45) is 4.45. The minimum absolute atomic E-state index is 0.266. The summed E-state index contributed by atoms with van der Waals surface area (Å²) in [5.41, 5.74) is 14.6. The summed E-state index contributed by atoms with van der Waals surface area (Å²) in [5.74, 6) is 0.196. The van der Waals surface area contributed by atoms with E-state index in [9.17, 15) is 4.79 Å². The van der Waals surface area contributed by atoms with Crippen molar-refractivity contribution in [2.24, 2.45) is 5.73 Å². The van der Waals surface area contributed by atoms with Crippen molar-refractivity contribution in [1.29, 1.82) is 0 Å². The molecule has 156 valence electrons. The fourth-order valence-electron chi connectivity index (χ4n) is 3.78. The highest BCUT2D eigenvalue weighted by molar-refractivity contribution is 7.98. The molecule has 0 unspecified atom stereocenters. The highest BCUT2D eigenvalue weighted by Gasteiger charge is 2.17. The van der Waals surface area contributed by atoms with Crippen LogP contribution < -0.4 is 16.2 Å². The summed E-state index contributed by atoms with van der Waals surface area (Å²) >= 11 is 1.45. The number of fused-ring (bicyclic) bond motifs is 1. The first kappa shape index (κ1) is 20.4. The van der Waals surface area contributed by atoms with E-state index >= 15 is 0 Å². The Bertz CT molecular complexity index is 1080. The van der Waals surface area contributed by atoms with Gasteiger partial charge in [-0.1, -0.05) is 23.9 Å². The fraction of sp³-hybridized carbons (Fsp3) is 0.318. The summed E-state index contributed by atoms with van der Waals surface area (Å²) in [6, 6.07) is 11.1. The molecule has 1 aliphatic heterocycles. The van der Waals surface area contributed by atoms with E-state index in [1.807, 2.05) is 30.5 Å². The number of aromatic nitrogens is 2. The highest BCUT2D eigenvalue weighted by Crippen LogP contribution is 2.35. The number of hydrogen-bond donors (Lipinski definition) is 2. The van der Waals surface area contributed by atoms with Crippen molar-refractivity contribution in [2.45, 2.75) is 18.0 Å². The van der Waals surface area contributed by atoms with Crippen molar-refractivity contribution in [3.63, 3.8) is 0 Å². The van der Waals surface area contributed by atoms with E-state index in [0.717, 1.165) is 30.9 Å². The first-order valence-corrected chi connectivity index (χ1v) is 11.2. The van der Waals surface area contributed by atoms with Crippen LogP contribution in [-0.2, 0) is 0 Å². The smallest absolute Gasteiger partial charge is 0.250 e. The molecule has 1 fully saturated rings. The van der Waals surface area contributed by atoms with Gasteiger partial charge in [-0.25, -0.2) is 9.97 Å². The number of thioether (sulfide) groups is 1. The number of carbonyl (C=O) groups excluding carboxylic acids is 1. The van der Waals surface area contributed by atoms with Crippen molar-refractivity contribution >= 4 is 34.3 Å². The Morgan fingerprint density at radius 2 is 2.00 bits per heavy atom. The lowest BCUT2D eigenvalue weighted by atomic mass is 10.0. The van der Waals surface area contributed by atoms with Gasteiger partial charge in [0.25, 0.3) is 5.91 Å². The first-order valence-electron chi connectivity index (χ1n) is 9.96.